The molecule has 2 amide bonds. The molecule has 0 aliphatic carbocycles. The number of benzene rings is 3. The first-order chi connectivity index (χ1) is 16.9. The fraction of sp³-hybridized carbons (Fsp3) is 0.250. The van der Waals surface area contributed by atoms with E-state index in [0.29, 0.717) is 23.0 Å². The zero-order valence-electron chi connectivity index (χ0n) is 20.3. The maximum absolute atomic E-state index is 13.1. The second-order valence-electron chi connectivity index (χ2n) is 8.73. The molecule has 2 atom stereocenters. The summed E-state index contributed by atoms with van der Waals surface area (Å²) in [5.41, 5.74) is 6.40. The zero-order valence-corrected chi connectivity index (χ0v) is 20.3. The number of ether oxygens (including phenoxy) is 2. The van der Waals surface area contributed by atoms with Crippen LogP contribution < -0.4 is 20.2 Å². The molecule has 35 heavy (non-hydrogen) atoms. The molecule has 0 spiro atoms. The Kier molecular flexibility index (Phi) is 7.15. The number of methoxy groups -OCH3 is 2. The number of hydrogen-bond donors (Lipinski definition) is 2. The zero-order chi connectivity index (χ0) is 24.9. The van der Waals surface area contributed by atoms with Crippen molar-refractivity contribution in [2.45, 2.75) is 31.8 Å². The van der Waals surface area contributed by atoms with Crippen LogP contribution >= 0.6 is 0 Å². The topological polar surface area (TPSA) is 79.7 Å². The van der Waals surface area contributed by atoms with Gasteiger partial charge in [-0.25, -0.2) is 0 Å². The van der Waals surface area contributed by atoms with Gasteiger partial charge in [0.15, 0.2) is 6.04 Å². The van der Waals surface area contributed by atoms with E-state index < -0.39 is 12.1 Å². The molecule has 1 heterocycles. The Morgan fingerprint density at radius 1 is 0.914 bits per heavy atom. The largest absolute Gasteiger partial charge is 0.497 e. The highest BCUT2D eigenvalue weighted by Crippen LogP contribution is 2.27. The smallest absolute Gasteiger partial charge is 0.304 e. The highest BCUT2D eigenvalue weighted by atomic mass is 16.5. The van der Waals surface area contributed by atoms with Crippen molar-refractivity contribution in [3.8, 4) is 11.5 Å². The monoisotopic (exact) mass is 472 g/mol. The number of nitrogens with one attached hydrogen (secondary N) is 2. The molecule has 1 aliphatic heterocycles. The molecule has 0 aromatic heterocycles. The van der Waals surface area contributed by atoms with Crippen molar-refractivity contribution in [3.05, 3.63) is 95.1 Å². The van der Waals surface area contributed by atoms with E-state index in [2.05, 4.69) is 36.7 Å². The predicted octanol–water partition coefficient (Wildman–Crippen LogP) is 3.84. The van der Waals surface area contributed by atoms with Gasteiger partial charge in [-0.2, -0.15) is 0 Å². The lowest BCUT2D eigenvalue weighted by Gasteiger charge is -2.15. The number of hydrogen-bond acceptors (Lipinski definition) is 4. The first-order valence-corrected chi connectivity index (χ1v) is 11.5. The third-order valence-electron chi connectivity index (χ3n) is 6.12. The molecular weight excluding hydrogens is 442 g/mol. The Hall–Kier alpha value is -4.13. The average molecular weight is 473 g/mol. The molecule has 0 saturated carbocycles. The fourth-order valence-corrected chi connectivity index (χ4v) is 4.08. The quantitative estimate of drug-likeness (QED) is 0.512. The van der Waals surface area contributed by atoms with E-state index >= 15 is 0 Å². The molecule has 3 aromatic rings. The predicted molar refractivity (Wildman–Crippen MR) is 134 cm³/mol. The van der Waals surface area contributed by atoms with E-state index in [1.165, 1.54) is 5.56 Å². The van der Waals surface area contributed by atoms with Gasteiger partial charge in [-0.15, -0.1) is 10.1 Å². The Bertz CT molecular complexity index is 1220. The number of carbonyl (C=O) groups is 2. The maximum Gasteiger partial charge on any atom is 0.304 e. The summed E-state index contributed by atoms with van der Waals surface area (Å²) < 4.78 is 12.2. The number of hydrazone groups is 1. The summed E-state index contributed by atoms with van der Waals surface area (Å²) in [7, 11) is 3.17. The summed E-state index contributed by atoms with van der Waals surface area (Å²) in [6.45, 7) is 4.30. The highest BCUT2D eigenvalue weighted by Gasteiger charge is 2.47. The van der Waals surface area contributed by atoms with Crippen LogP contribution in [0.3, 0.4) is 0 Å². The van der Waals surface area contributed by atoms with Crippen LogP contribution in [-0.4, -0.2) is 43.0 Å². The number of carbonyl (C=O) groups excluding carboxylic acids is 2. The van der Waals surface area contributed by atoms with Gasteiger partial charge in [0.05, 0.1) is 14.2 Å². The minimum Gasteiger partial charge on any atom is -0.497 e. The van der Waals surface area contributed by atoms with Gasteiger partial charge in [-0.1, -0.05) is 26.0 Å². The summed E-state index contributed by atoms with van der Waals surface area (Å²) in [6.07, 6.45) is 1.89. The van der Waals surface area contributed by atoms with Crippen molar-refractivity contribution >= 4 is 18.0 Å². The van der Waals surface area contributed by atoms with Crippen molar-refractivity contribution in [1.29, 1.82) is 0 Å². The van der Waals surface area contributed by atoms with Crippen molar-refractivity contribution in [2.24, 2.45) is 0 Å². The van der Waals surface area contributed by atoms with Crippen LogP contribution in [0.5, 0.6) is 11.5 Å². The van der Waals surface area contributed by atoms with Crippen LogP contribution in [0, 0.1) is 0 Å². The van der Waals surface area contributed by atoms with Gasteiger partial charge in [0.2, 0.25) is 12.3 Å². The van der Waals surface area contributed by atoms with E-state index in [-0.39, 0.29) is 11.8 Å². The van der Waals surface area contributed by atoms with Crippen LogP contribution in [0.2, 0.25) is 0 Å². The van der Waals surface area contributed by atoms with E-state index in [1.54, 1.807) is 43.2 Å². The number of hydrazine groups is 1. The normalized spacial score (nSPS) is 18.4. The van der Waals surface area contributed by atoms with E-state index in [0.717, 1.165) is 11.1 Å². The molecule has 4 rings (SSSR count). The third-order valence-corrected chi connectivity index (χ3v) is 6.12. The van der Waals surface area contributed by atoms with E-state index in [1.807, 2.05) is 42.6 Å². The SMILES string of the molecule is COc1ccc(C(=O)N[C@@H]2C(=O)N/[N+](=C\c3ccc(C(C)C)cc3)[C@H]2c2ccc(OC)cc2)cc1. The lowest BCUT2D eigenvalue weighted by atomic mass is 9.99. The fourth-order valence-electron chi connectivity index (χ4n) is 4.08. The van der Waals surface area contributed by atoms with Crippen LogP contribution in [0.1, 0.15) is 52.9 Å². The van der Waals surface area contributed by atoms with Crippen molar-refractivity contribution < 1.29 is 23.7 Å². The number of nitrogens with zero attached hydrogens (tertiary/aromatic N) is 1. The molecular formula is C28H30N3O4+. The summed E-state index contributed by atoms with van der Waals surface area (Å²) in [5.74, 6) is 1.17. The molecule has 1 saturated heterocycles. The van der Waals surface area contributed by atoms with Gasteiger partial charge < -0.3 is 14.8 Å². The molecule has 1 aliphatic rings. The average Bonchev–Trinajstić information content (AvgIpc) is 3.18. The van der Waals surface area contributed by atoms with Crippen LogP contribution in [0.15, 0.2) is 72.8 Å². The summed E-state index contributed by atoms with van der Waals surface area (Å²) in [4.78, 5) is 26.1. The molecule has 0 unspecified atom stereocenters. The molecule has 0 radical (unpaired) electrons. The number of amides is 2. The Balaban J connectivity index is 1.67. The second-order valence-corrected chi connectivity index (χ2v) is 8.73. The van der Waals surface area contributed by atoms with Gasteiger partial charge in [-0.05, 0) is 72.1 Å². The van der Waals surface area contributed by atoms with Crippen molar-refractivity contribution in [3.63, 3.8) is 0 Å². The molecule has 180 valence electrons. The Morgan fingerprint density at radius 3 is 2.03 bits per heavy atom. The Morgan fingerprint density at radius 2 is 1.49 bits per heavy atom. The first-order valence-electron chi connectivity index (χ1n) is 11.5. The maximum atomic E-state index is 13.1. The van der Waals surface area contributed by atoms with Crippen molar-refractivity contribution in [2.75, 3.05) is 14.2 Å². The summed E-state index contributed by atoms with van der Waals surface area (Å²) in [6, 6.07) is 21.2. The summed E-state index contributed by atoms with van der Waals surface area (Å²) in [5, 5.41) is 2.91. The molecule has 2 N–H and O–H groups in total. The van der Waals surface area contributed by atoms with Crippen LogP contribution in [-0.2, 0) is 4.79 Å². The second kappa shape index (κ2) is 10.4. The molecule has 7 nitrogen and oxygen atoms in total. The van der Waals surface area contributed by atoms with Gasteiger partial charge in [0, 0.05) is 16.7 Å². The van der Waals surface area contributed by atoms with Gasteiger partial charge >= 0.3 is 5.91 Å². The van der Waals surface area contributed by atoms with Gasteiger partial charge in [0.1, 0.15) is 11.5 Å². The van der Waals surface area contributed by atoms with Crippen molar-refractivity contribution in [1.82, 2.24) is 10.7 Å². The molecule has 7 heteroatoms. The van der Waals surface area contributed by atoms with Crippen LogP contribution in [0.25, 0.3) is 0 Å². The lowest BCUT2D eigenvalue weighted by molar-refractivity contribution is -0.596. The minimum atomic E-state index is -0.802. The van der Waals surface area contributed by atoms with E-state index in [4.69, 9.17) is 9.47 Å². The van der Waals surface area contributed by atoms with Crippen LogP contribution in [0.4, 0.5) is 0 Å². The van der Waals surface area contributed by atoms with E-state index in [9.17, 15) is 9.59 Å². The Labute approximate surface area is 205 Å². The third kappa shape index (κ3) is 5.35. The minimum absolute atomic E-state index is 0.289. The van der Waals surface area contributed by atoms with Gasteiger partial charge in [-0.3, -0.25) is 9.59 Å². The molecule has 3 aromatic carbocycles. The highest BCUT2D eigenvalue weighted by molar-refractivity contribution is 5.98. The molecule has 1 fully saturated rings. The first kappa shape index (κ1) is 24.0. The lowest BCUT2D eigenvalue weighted by Crippen LogP contribution is -2.42. The molecule has 0 bridgehead atoms. The van der Waals surface area contributed by atoms with Gasteiger partial charge in [0.25, 0.3) is 5.91 Å². The summed E-state index contributed by atoms with van der Waals surface area (Å²) >= 11 is 0. The number of rotatable bonds is 7. The standard InChI is InChI=1S/C28H29N3O4/c1-18(2)20-7-5-19(6-8-20)17-31-26(21-9-13-23(34-3)14-10-21)25(28(33)30-31)29-27(32)22-11-15-24(35-4)16-12-22/h5-18,25-26H,1-4H3,(H-,29,30,32,33)/p+1/b31-17-/t25-,26-/m0/s1.